The van der Waals surface area contributed by atoms with Gasteiger partial charge in [-0.25, -0.2) is 8.78 Å². The molecule has 184 valence electrons. The number of aryl methyl sites for hydroxylation is 1. The molecule has 0 spiro atoms. The molecule has 1 fully saturated rings. The van der Waals surface area contributed by atoms with Crippen LogP contribution >= 0.6 is 0 Å². The lowest BCUT2D eigenvalue weighted by molar-refractivity contribution is -0.145. The van der Waals surface area contributed by atoms with E-state index in [2.05, 4.69) is 9.88 Å². The zero-order valence-electron chi connectivity index (χ0n) is 19.7. The minimum Gasteiger partial charge on any atom is -0.497 e. The maximum Gasteiger partial charge on any atom is 0.322 e. The van der Waals surface area contributed by atoms with E-state index in [9.17, 15) is 18.7 Å². The van der Waals surface area contributed by atoms with Crippen LogP contribution in [-0.2, 0) is 11.2 Å². The summed E-state index contributed by atoms with van der Waals surface area (Å²) in [5.41, 5.74) is 2.17. The van der Waals surface area contributed by atoms with Crippen LogP contribution < -0.4 is 4.74 Å². The molecule has 4 rings (SSSR count). The largest absolute Gasteiger partial charge is 0.497 e. The van der Waals surface area contributed by atoms with Crippen molar-refractivity contribution in [1.29, 1.82) is 0 Å². The van der Waals surface area contributed by atoms with Gasteiger partial charge >= 0.3 is 5.97 Å². The van der Waals surface area contributed by atoms with Gasteiger partial charge < -0.3 is 9.84 Å². The van der Waals surface area contributed by atoms with Crippen molar-refractivity contribution in [2.75, 3.05) is 39.8 Å². The Balaban J connectivity index is 1.35. The summed E-state index contributed by atoms with van der Waals surface area (Å²) < 4.78 is 32.9. The van der Waals surface area contributed by atoms with E-state index < -0.39 is 12.0 Å². The quantitative estimate of drug-likeness (QED) is 0.493. The first kappa shape index (κ1) is 24.8. The number of piperazine rings is 1. The molecule has 1 N–H and O–H groups in total. The molecule has 0 aliphatic carbocycles. The van der Waals surface area contributed by atoms with E-state index in [1.54, 1.807) is 37.4 Å². The normalized spacial score (nSPS) is 17.3. The van der Waals surface area contributed by atoms with Crippen LogP contribution in [0.2, 0.25) is 0 Å². The standard InChI is InChI=1S/C27H29F2N3O3/c1-35-21-10-11-25-23(16-21)22(24(29)17-30-25)5-3-13-32-15-14-31(18-26(32)27(33)34)12-2-4-19-6-8-20(28)9-7-19/h2,4,6-11,16-17,26H,3,5,12-15,18H2,1H3,(H,33,34)/b4-2-/t26-/m1/s1. The molecule has 3 aromatic rings. The van der Waals surface area contributed by atoms with Gasteiger partial charge in [-0.05, 0) is 60.8 Å². The summed E-state index contributed by atoms with van der Waals surface area (Å²) in [6, 6.07) is 11.0. The second-order valence-corrected chi connectivity index (χ2v) is 8.67. The van der Waals surface area contributed by atoms with Crippen LogP contribution in [-0.4, -0.2) is 71.7 Å². The van der Waals surface area contributed by atoms with Gasteiger partial charge in [0, 0.05) is 31.6 Å². The number of carboxylic acid groups (broad SMARTS) is 1. The summed E-state index contributed by atoms with van der Waals surface area (Å²) in [4.78, 5) is 20.2. The van der Waals surface area contributed by atoms with E-state index in [0.717, 1.165) is 17.5 Å². The number of aromatic nitrogens is 1. The third-order valence-corrected chi connectivity index (χ3v) is 6.41. The first-order valence-electron chi connectivity index (χ1n) is 11.7. The van der Waals surface area contributed by atoms with Crippen molar-refractivity contribution < 1.29 is 23.4 Å². The Morgan fingerprint density at radius 3 is 2.74 bits per heavy atom. The second-order valence-electron chi connectivity index (χ2n) is 8.67. The van der Waals surface area contributed by atoms with E-state index in [1.165, 1.54) is 18.3 Å². The maximum atomic E-state index is 14.6. The molecule has 0 saturated carbocycles. The van der Waals surface area contributed by atoms with Crippen molar-refractivity contribution in [2.24, 2.45) is 0 Å². The predicted molar refractivity (Wildman–Crippen MR) is 131 cm³/mol. The van der Waals surface area contributed by atoms with Gasteiger partial charge in [0.1, 0.15) is 23.4 Å². The van der Waals surface area contributed by atoms with Crippen LogP contribution in [0.5, 0.6) is 5.75 Å². The molecule has 0 amide bonds. The Hall–Kier alpha value is -3.36. The van der Waals surface area contributed by atoms with E-state index in [4.69, 9.17) is 4.74 Å². The lowest BCUT2D eigenvalue weighted by Crippen LogP contribution is -2.56. The van der Waals surface area contributed by atoms with Crippen molar-refractivity contribution in [2.45, 2.75) is 18.9 Å². The summed E-state index contributed by atoms with van der Waals surface area (Å²) in [6.45, 7) is 2.94. The number of aliphatic carboxylic acids is 1. The molecule has 2 heterocycles. The van der Waals surface area contributed by atoms with Crippen molar-refractivity contribution in [3.8, 4) is 5.75 Å². The molecule has 6 nitrogen and oxygen atoms in total. The number of hydrogen-bond donors (Lipinski definition) is 1. The second kappa shape index (κ2) is 11.4. The molecule has 8 heteroatoms. The van der Waals surface area contributed by atoms with Gasteiger partial charge in [-0.1, -0.05) is 24.3 Å². The molecule has 0 bridgehead atoms. The Labute approximate surface area is 203 Å². The fraction of sp³-hybridized carbons (Fsp3) is 0.333. The number of pyridine rings is 1. The van der Waals surface area contributed by atoms with Crippen LogP contribution in [0.15, 0.2) is 54.7 Å². The molecule has 1 aliphatic heterocycles. The monoisotopic (exact) mass is 481 g/mol. The SMILES string of the molecule is COc1ccc2ncc(F)c(CCCN3CCN(C/C=C\c4ccc(F)cc4)C[C@@H]3C(=O)O)c2c1. The molecule has 35 heavy (non-hydrogen) atoms. The average Bonchev–Trinajstić information content (AvgIpc) is 2.86. The maximum absolute atomic E-state index is 14.6. The number of hydrogen-bond acceptors (Lipinski definition) is 5. The highest BCUT2D eigenvalue weighted by Gasteiger charge is 2.31. The fourth-order valence-corrected chi connectivity index (χ4v) is 4.50. The van der Waals surface area contributed by atoms with Crippen molar-refractivity contribution in [1.82, 2.24) is 14.8 Å². The van der Waals surface area contributed by atoms with E-state index in [-0.39, 0.29) is 11.6 Å². The number of carbonyl (C=O) groups is 1. The number of fused-ring (bicyclic) bond motifs is 1. The van der Waals surface area contributed by atoms with E-state index >= 15 is 0 Å². The van der Waals surface area contributed by atoms with Gasteiger partial charge in [0.25, 0.3) is 0 Å². The van der Waals surface area contributed by atoms with Gasteiger partial charge in [0.05, 0.1) is 18.8 Å². The van der Waals surface area contributed by atoms with Crippen LogP contribution in [0.4, 0.5) is 8.78 Å². The Morgan fingerprint density at radius 1 is 1.20 bits per heavy atom. The number of carboxylic acids is 1. The molecular weight excluding hydrogens is 452 g/mol. The van der Waals surface area contributed by atoms with Crippen LogP contribution in [0.3, 0.4) is 0 Å². The van der Waals surface area contributed by atoms with Gasteiger partial charge in [-0.3, -0.25) is 19.6 Å². The van der Waals surface area contributed by atoms with E-state index in [1.807, 2.05) is 17.1 Å². The number of halogens is 2. The molecule has 1 atom stereocenters. The first-order chi connectivity index (χ1) is 16.9. The van der Waals surface area contributed by atoms with Crippen molar-refractivity contribution in [3.05, 3.63) is 77.5 Å². The number of ether oxygens (including phenoxy) is 1. The minimum absolute atomic E-state index is 0.276. The lowest BCUT2D eigenvalue weighted by Gasteiger charge is -2.39. The van der Waals surface area contributed by atoms with Crippen molar-refractivity contribution >= 4 is 22.9 Å². The zero-order chi connectivity index (χ0) is 24.8. The van der Waals surface area contributed by atoms with Gasteiger partial charge in [0.2, 0.25) is 0 Å². The summed E-state index contributed by atoms with van der Waals surface area (Å²) in [6.07, 6.45) is 6.21. The highest BCUT2D eigenvalue weighted by Crippen LogP contribution is 2.26. The van der Waals surface area contributed by atoms with Crippen LogP contribution in [0.1, 0.15) is 17.5 Å². The molecule has 1 aliphatic rings. The van der Waals surface area contributed by atoms with Gasteiger partial charge in [0.15, 0.2) is 0 Å². The Kier molecular flexibility index (Phi) is 8.05. The first-order valence-corrected chi connectivity index (χ1v) is 11.7. The smallest absolute Gasteiger partial charge is 0.322 e. The molecule has 2 aromatic carbocycles. The number of nitrogens with zero attached hydrogens (tertiary/aromatic N) is 3. The summed E-state index contributed by atoms with van der Waals surface area (Å²) in [7, 11) is 1.57. The van der Waals surface area contributed by atoms with Crippen LogP contribution in [0.25, 0.3) is 17.0 Å². The zero-order valence-corrected chi connectivity index (χ0v) is 19.7. The minimum atomic E-state index is -0.859. The molecular formula is C27H29F2N3O3. The molecule has 1 saturated heterocycles. The number of methoxy groups -OCH3 is 1. The summed E-state index contributed by atoms with van der Waals surface area (Å²) in [5, 5.41) is 10.5. The van der Waals surface area contributed by atoms with Crippen molar-refractivity contribution in [3.63, 3.8) is 0 Å². The molecule has 0 radical (unpaired) electrons. The highest BCUT2D eigenvalue weighted by atomic mass is 19.1. The summed E-state index contributed by atoms with van der Waals surface area (Å²) in [5.74, 6) is -0.857. The molecule has 1 aromatic heterocycles. The third kappa shape index (κ3) is 6.21. The lowest BCUT2D eigenvalue weighted by atomic mass is 10.0. The Bertz CT molecular complexity index is 1200. The topological polar surface area (TPSA) is 65.9 Å². The summed E-state index contributed by atoms with van der Waals surface area (Å²) >= 11 is 0. The Morgan fingerprint density at radius 2 is 2.00 bits per heavy atom. The fourth-order valence-electron chi connectivity index (χ4n) is 4.50. The average molecular weight is 482 g/mol. The predicted octanol–water partition coefficient (Wildman–Crippen LogP) is 4.24. The molecule has 0 unspecified atom stereocenters. The van der Waals surface area contributed by atoms with Crippen LogP contribution in [0, 0.1) is 11.6 Å². The number of benzene rings is 2. The van der Waals surface area contributed by atoms with Gasteiger partial charge in [-0.2, -0.15) is 0 Å². The van der Waals surface area contributed by atoms with Gasteiger partial charge in [-0.15, -0.1) is 0 Å². The van der Waals surface area contributed by atoms with E-state index in [0.29, 0.717) is 55.9 Å². The third-order valence-electron chi connectivity index (χ3n) is 6.41. The highest BCUT2D eigenvalue weighted by molar-refractivity contribution is 5.83. The number of rotatable bonds is 9.